The van der Waals surface area contributed by atoms with Crippen LogP contribution < -0.4 is 0 Å². The Morgan fingerprint density at radius 2 is 2.26 bits per heavy atom. The van der Waals surface area contributed by atoms with Gasteiger partial charge in [-0.05, 0) is 53.2 Å². The predicted octanol–water partition coefficient (Wildman–Crippen LogP) is 4.23. The van der Waals surface area contributed by atoms with Gasteiger partial charge in [0.05, 0.1) is 16.2 Å². The van der Waals surface area contributed by atoms with Crippen molar-refractivity contribution in [1.82, 2.24) is 19.5 Å². The minimum atomic E-state index is -0.0964. The number of carbonyl (C=O) groups excluding carboxylic acids is 1. The van der Waals surface area contributed by atoms with Gasteiger partial charge in [-0.2, -0.15) is 5.10 Å². The van der Waals surface area contributed by atoms with Gasteiger partial charge in [0, 0.05) is 30.6 Å². The fourth-order valence-electron chi connectivity index (χ4n) is 3.68. The summed E-state index contributed by atoms with van der Waals surface area (Å²) in [6.07, 6.45) is 6.03. The lowest BCUT2D eigenvalue weighted by Gasteiger charge is -2.36. The quantitative estimate of drug-likeness (QED) is 0.592. The number of rotatable bonds is 3. The highest BCUT2D eigenvalue weighted by Crippen LogP contribution is 2.36. The van der Waals surface area contributed by atoms with Gasteiger partial charge < -0.3 is 4.90 Å². The van der Waals surface area contributed by atoms with Crippen LogP contribution in [0.5, 0.6) is 0 Å². The van der Waals surface area contributed by atoms with Crippen LogP contribution in [0.1, 0.15) is 40.1 Å². The topological polar surface area (TPSA) is 62.9 Å². The highest BCUT2D eigenvalue weighted by Gasteiger charge is 2.31. The standard InChI is InChI=1S/C20H18BrN5O/c1-4-14-16-7-8-25(12(2)15(16)5-6-17(14)22-3)20(27)18-9-19-23-10-13(21)11-26(19)24-18/h4-6,9-12H,1,3,7-8H2,2H3. The van der Waals surface area contributed by atoms with Crippen LogP contribution in [0, 0.1) is 0 Å². The summed E-state index contributed by atoms with van der Waals surface area (Å²) in [7, 11) is 0. The van der Waals surface area contributed by atoms with Gasteiger partial charge in [0.25, 0.3) is 5.91 Å². The monoisotopic (exact) mass is 423 g/mol. The largest absolute Gasteiger partial charge is 0.330 e. The van der Waals surface area contributed by atoms with Gasteiger partial charge in [0.1, 0.15) is 0 Å². The van der Waals surface area contributed by atoms with E-state index in [2.05, 4.69) is 44.3 Å². The van der Waals surface area contributed by atoms with Crippen LogP contribution in [-0.4, -0.2) is 38.7 Å². The lowest BCUT2D eigenvalue weighted by atomic mass is 9.88. The van der Waals surface area contributed by atoms with Crippen LogP contribution in [0.3, 0.4) is 0 Å². The molecule has 27 heavy (non-hydrogen) atoms. The van der Waals surface area contributed by atoms with Crippen LogP contribution in [0.25, 0.3) is 11.7 Å². The van der Waals surface area contributed by atoms with Crippen molar-refractivity contribution in [2.24, 2.45) is 4.99 Å². The molecule has 0 saturated heterocycles. The van der Waals surface area contributed by atoms with Gasteiger partial charge in [-0.3, -0.25) is 9.79 Å². The van der Waals surface area contributed by atoms with Crippen molar-refractivity contribution in [3.8, 4) is 0 Å². The zero-order valence-electron chi connectivity index (χ0n) is 14.9. The number of amides is 1. The first kappa shape index (κ1) is 17.6. The third-order valence-corrected chi connectivity index (χ3v) is 5.44. The molecule has 136 valence electrons. The maximum absolute atomic E-state index is 13.1. The molecule has 3 aromatic rings. The number of hydrogen-bond donors (Lipinski definition) is 0. The van der Waals surface area contributed by atoms with E-state index in [1.165, 1.54) is 5.56 Å². The number of fused-ring (bicyclic) bond motifs is 2. The maximum Gasteiger partial charge on any atom is 0.274 e. The number of carbonyl (C=O) groups is 1. The van der Waals surface area contributed by atoms with Gasteiger partial charge in [-0.1, -0.05) is 18.7 Å². The highest BCUT2D eigenvalue weighted by atomic mass is 79.9. The normalized spacial score (nSPS) is 16.2. The van der Waals surface area contributed by atoms with Crippen molar-refractivity contribution in [1.29, 1.82) is 0 Å². The molecular formula is C20H18BrN5O. The minimum Gasteiger partial charge on any atom is -0.330 e. The number of benzene rings is 1. The summed E-state index contributed by atoms with van der Waals surface area (Å²) in [4.78, 5) is 23.3. The molecule has 0 N–H and O–H groups in total. The van der Waals surface area contributed by atoms with Crippen LogP contribution in [-0.2, 0) is 6.42 Å². The molecule has 2 aromatic heterocycles. The molecule has 7 heteroatoms. The van der Waals surface area contributed by atoms with Gasteiger partial charge in [0.2, 0.25) is 0 Å². The molecule has 1 aliphatic heterocycles. The van der Waals surface area contributed by atoms with E-state index in [-0.39, 0.29) is 11.9 Å². The van der Waals surface area contributed by atoms with Crippen LogP contribution in [0.2, 0.25) is 0 Å². The SMILES string of the molecule is C=Cc1c(N=C)ccc2c1CCN(C(=O)c1cc3ncc(Br)cn3n1)C2C. The molecule has 1 amide bonds. The molecule has 1 unspecified atom stereocenters. The second-order valence-electron chi connectivity index (χ2n) is 6.46. The van der Waals surface area contributed by atoms with Crippen molar-refractivity contribution in [2.75, 3.05) is 6.54 Å². The van der Waals surface area contributed by atoms with E-state index >= 15 is 0 Å². The number of aliphatic imine (C=N–C) groups is 1. The summed E-state index contributed by atoms with van der Waals surface area (Å²) >= 11 is 3.37. The number of hydrogen-bond acceptors (Lipinski definition) is 4. The van der Waals surface area contributed by atoms with E-state index in [0.717, 1.165) is 27.7 Å². The van der Waals surface area contributed by atoms with Crippen LogP contribution in [0.15, 0.2) is 46.6 Å². The lowest BCUT2D eigenvalue weighted by molar-refractivity contribution is 0.0671. The number of aromatic nitrogens is 3. The second-order valence-corrected chi connectivity index (χ2v) is 7.37. The summed E-state index contributed by atoms with van der Waals surface area (Å²) in [6.45, 7) is 10.2. The maximum atomic E-state index is 13.1. The molecule has 0 fully saturated rings. The third kappa shape index (κ3) is 2.88. The van der Waals surface area contributed by atoms with Gasteiger partial charge >= 0.3 is 0 Å². The molecule has 0 radical (unpaired) electrons. The number of halogens is 1. The molecule has 0 aliphatic carbocycles. The van der Waals surface area contributed by atoms with E-state index in [1.54, 1.807) is 23.0 Å². The molecule has 1 aromatic carbocycles. The summed E-state index contributed by atoms with van der Waals surface area (Å²) in [5.41, 5.74) is 5.16. The Morgan fingerprint density at radius 3 is 3.00 bits per heavy atom. The molecule has 0 spiro atoms. The first-order valence-corrected chi connectivity index (χ1v) is 9.39. The Hall–Kier alpha value is -2.80. The van der Waals surface area contributed by atoms with Crippen molar-refractivity contribution >= 4 is 46.0 Å². The van der Waals surface area contributed by atoms with E-state index in [0.29, 0.717) is 17.9 Å². The van der Waals surface area contributed by atoms with Gasteiger partial charge in [0.15, 0.2) is 11.3 Å². The highest BCUT2D eigenvalue weighted by molar-refractivity contribution is 9.10. The summed E-state index contributed by atoms with van der Waals surface area (Å²) in [5, 5.41) is 4.39. The van der Waals surface area contributed by atoms with E-state index in [1.807, 2.05) is 30.0 Å². The van der Waals surface area contributed by atoms with Crippen molar-refractivity contribution in [3.05, 3.63) is 64.0 Å². The average molecular weight is 424 g/mol. The van der Waals surface area contributed by atoms with Gasteiger partial charge in [-0.25, -0.2) is 9.50 Å². The van der Waals surface area contributed by atoms with Crippen molar-refractivity contribution < 1.29 is 4.79 Å². The lowest BCUT2D eigenvalue weighted by Crippen LogP contribution is -2.39. The first-order valence-electron chi connectivity index (χ1n) is 8.60. The van der Waals surface area contributed by atoms with E-state index < -0.39 is 0 Å². The Labute approximate surface area is 165 Å². The summed E-state index contributed by atoms with van der Waals surface area (Å²) < 4.78 is 2.42. The smallest absolute Gasteiger partial charge is 0.274 e. The molecule has 6 nitrogen and oxygen atoms in total. The molecule has 0 bridgehead atoms. The molecule has 0 saturated carbocycles. The molecular weight excluding hydrogens is 406 g/mol. The zero-order chi connectivity index (χ0) is 19.1. The minimum absolute atomic E-state index is 0.0664. The fraction of sp³-hybridized carbons (Fsp3) is 0.200. The van der Waals surface area contributed by atoms with Gasteiger partial charge in [-0.15, -0.1) is 0 Å². The third-order valence-electron chi connectivity index (χ3n) is 5.03. The Balaban J connectivity index is 1.70. The van der Waals surface area contributed by atoms with Crippen molar-refractivity contribution in [2.45, 2.75) is 19.4 Å². The van der Waals surface area contributed by atoms with E-state index in [4.69, 9.17) is 0 Å². The Bertz CT molecular complexity index is 1090. The predicted molar refractivity (Wildman–Crippen MR) is 110 cm³/mol. The number of nitrogens with zero attached hydrogens (tertiary/aromatic N) is 5. The van der Waals surface area contributed by atoms with Crippen molar-refractivity contribution in [3.63, 3.8) is 0 Å². The first-order chi connectivity index (χ1) is 13.0. The average Bonchev–Trinajstić information content (AvgIpc) is 3.10. The molecule has 1 atom stereocenters. The second kappa shape index (κ2) is 6.74. The molecule has 1 aliphatic rings. The summed E-state index contributed by atoms with van der Waals surface area (Å²) in [6, 6.07) is 5.61. The van der Waals surface area contributed by atoms with E-state index in [9.17, 15) is 4.79 Å². The van der Waals surface area contributed by atoms with Crippen LogP contribution in [0.4, 0.5) is 5.69 Å². The Kier molecular flexibility index (Phi) is 4.39. The molecule has 3 heterocycles. The molecule has 4 rings (SSSR count). The summed E-state index contributed by atoms with van der Waals surface area (Å²) in [5.74, 6) is -0.0964. The Morgan fingerprint density at radius 1 is 1.44 bits per heavy atom. The fourth-order valence-corrected chi connectivity index (χ4v) is 3.98. The van der Waals surface area contributed by atoms with Crippen LogP contribution >= 0.6 is 15.9 Å². The zero-order valence-corrected chi connectivity index (χ0v) is 16.5.